The van der Waals surface area contributed by atoms with Crippen molar-refractivity contribution in [2.75, 3.05) is 45.9 Å². The van der Waals surface area contributed by atoms with Crippen LogP contribution in [0.2, 0.25) is 0 Å². The van der Waals surface area contributed by atoms with Gasteiger partial charge in [0.1, 0.15) is 6.61 Å². The van der Waals surface area contributed by atoms with Crippen LogP contribution in [0.5, 0.6) is 0 Å². The summed E-state index contributed by atoms with van der Waals surface area (Å²) in [6.45, 7) is 6.40. The van der Waals surface area contributed by atoms with Crippen molar-refractivity contribution in [3.05, 3.63) is 35.9 Å². The molecule has 1 fully saturated rings. The first kappa shape index (κ1) is 15.0. The number of piperazine rings is 1. The van der Waals surface area contributed by atoms with Gasteiger partial charge in [0.15, 0.2) is 0 Å². The Kier molecular flexibility index (Phi) is 6.50. The highest BCUT2D eigenvalue weighted by Gasteiger charge is 2.09. The second kappa shape index (κ2) is 8.68. The van der Waals surface area contributed by atoms with Crippen molar-refractivity contribution in [2.24, 2.45) is 0 Å². The van der Waals surface area contributed by atoms with Gasteiger partial charge in [0.2, 0.25) is 5.91 Å². The number of hydrogen-bond donors (Lipinski definition) is 2. The van der Waals surface area contributed by atoms with E-state index in [1.54, 1.807) is 0 Å². The molecule has 0 saturated carbocycles. The predicted octanol–water partition coefficient (Wildman–Crippen LogP) is 0.225. The second-order valence-electron chi connectivity index (χ2n) is 4.91. The molecular formula is C15H23N3O2. The molecular weight excluding hydrogens is 254 g/mol. The molecule has 1 aliphatic rings. The third-order valence-corrected chi connectivity index (χ3v) is 3.33. The first-order valence-electron chi connectivity index (χ1n) is 7.16. The van der Waals surface area contributed by atoms with E-state index in [-0.39, 0.29) is 12.5 Å². The lowest BCUT2D eigenvalue weighted by molar-refractivity contribution is -0.126. The molecule has 0 aliphatic carbocycles. The third kappa shape index (κ3) is 5.69. The summed E-state index contributed by atoms with van der Waals surface area (Å²) in [7, 11) is 0. The van der Waals surface area contributed by atoms with Crippen LogP contribution in [0.15, 0.2) is 30.3 Å². The maximum Gasteiger partial charge on any atom is 0.246 e. The van der Waals surface area contributed by atoms with Crippen LogP contribution in [0, 0.1) is 0 Å². The summed E-state index contributed by atoms with van der Waals surface area (Å²) in [6, 6.07) is 9.87. The van der Waals surface area contributed by atoms with Gasteiger partial charge in [-0.1, -0.05) is 30.3 Å². The van der Waals surface area contributed by atoms with E-state index >= 15 is 0 Å². The van der Waals surface area contributed by atoms with Crippen LogP contribution in [0.4, 0.5) is 0 Å². The number of hydrogen-bond acceptors (Lipinski definition) is 4. The van der Waals surface area contributed by atoms with E-state index in [1.165, 1.54) is 0 Å². The van der Waals surface area contributed by atoms with E-state index in [4.69, 9.17) is 4.74 Å². The quantitative estimate of drug-likeness (QED) is 0.700. The van der Waals surface area contributed by atoms with Crippen LogP contribution in [0.25, 0.3) is 0 Å². The zero-order chi connectivity index (χ0) is 14.0. The number of nitrogens with zero attached hydrogens (tertiary/aromatic N) is 1. The highest BCUT2D eigenvalue weighted by atomic mass is 16.5. The summed E-state index contributed by atoms with van der Waals surface area (Å²) in [5.41, 5.74) is 1.10. The van der Waals surface area contributed by atoms with Gasteiger partial charge in [-0.15, -0.1) is 0 Å². The Bertz CT molecular complexity index is 391. The Balaban J connectivity index is 1.51. The normalized spacial score (nSPS) is 16.0. The lowest BCUT2D eigenvalue weighted by Crippen LogP contribution is -2.44. The smallest absolute Gasteiger partial charge is 0.246 e. The fourth-order valence-electron chi connectivity index (χ4n) is 2.14. The molecule has 5 heteroatoms. The molecule has 0 atom stereocenters. The van der Waals surface area contributed by atoms with E-state index in [0.717, 1.165) is 38.3 Å². The Labute approximate surface area is 120 Å². The maximum atomic E-state index is 11.6. The van der Waals surface area contributed by atoms with Gasteiger partial charge < -0.3 is 15.4 Å². The number of nitrogens with one attached hydrogen (secondary N) is 2. The largest absolute Gasteiger partial charge is 0.370 e. The Morgan fingerprint density at radius 2 is 2.00 bits per heavy atom. The number of benzene rings is 1. The molecule has 110 valence electrons. The summed E-state index contributed by atoms with van der Waals surface area (Å²) in [5, 5.41) is 6.16. The molecule has 0 aromatic heterocycles. The van der Waals surface area contributed by atoms with Crippen LogP contribution >= 0.6 is 0 Å². The molecule has 1 amide bonds. The second-order valence-corrected chi connectivity index (χ2v) is 4.91. The van der Waals surface area contributed by atoms with E-state index in [2.05, 4.69) is 15.5 Å². The number of amides is 1. The van der Waals surface area contributed by atoms with Crippen molar-refractivity contribution in [2.45, 2.75) is 6.54 Å². The van der Waals surface area contributed by atoms with Crippen LogP contribution in [-0.4, -0.2) is 56.7 Å². The van der Waals surface area contributed by atoms with Crippen molar-refractivity contribution in [3.8, 4) is 0 Å². The van der Waals surface area contributed by atoms with Crippen molar-refractivity contribution in [1.29, 1.82) is 0 Å². The number of ether oxygens (including phenoxy) is 1. The minimum atomic E-state index is -0.0610. The fourth-order valence-corrected chi connectivity index (χ4v) is 2.14. The van der Waals surface area contributed by atoms with Gasteiger partial charge in [-0.25, -0.2) is 0 Å². The monoisotopic (exact) mass is 277 g/mol. The highest BCUT2D eigenvalue weighted by molar-refractivity contribution is 5.77. The fraction of sp³-hybridized carbons (Fsp3) is 0.533. The SMILES string of the molecule is O=C(COCCN1CCNCC1)NCc1ccccc1. The van der Waals surface area contributed by atoms with E-state index in [0.29, 0.717) is 13.2 Å². The molecule has 2 rings (SSSR count). The topological polar surface area (TPSA) is 53.6 Å². The lowest BCUT2D eigenvalue weighted by Gasteiger charge is -2.26. The lowest BCUT2D eigenvalue weighted by atomic mass is 10.2. The average molecular weight is 277 g/mol. The summed E-state index contributed by atoms with van der Waals surface area (Å²) in [6.07, 6.45) is 0. The first-order valence-corrected chi connectivity index (χ1v) is 7.16. The molecule has 1 aliphatic heterocycles. The van der Waals surface area contributed by atoms with Gasteiger partial charge in [0.25, 0.3) is 0 Å². The number of carbonyl (C=O) groups is 1. The summed E-state index contributed by atoms with van der Waals surface area (Å²) >= 11 is 0. The van der Waals surface area contributed by atoms with Gasteiger partial charge in [-0.2, -0.15) is 0 Å². The van der Waals surface area contributed by atoms with Gasteiger partial charge in [0.05, 0.1) is 6.61 Å². The van der Waals surface area contributed by atoms with Gasteiger partial charge in [-0.3, -0.25) is 9.69 Å². The molecule has 20 heavy (non-hydrogen) atoms. The van der Waals surface area contributed by atoms with Crippen LogP contribution < -0.4 is 10.6 Å². The van der Waals surface area contributed by atoms with Crippen LogP contribution in [-0.2, 0) is 16.1 Å². The third-order valence-electron chi connectivity index (χ3n) is 3.33. The molecule has 1 aromatic carbocycles. The first-order chi connectivity index (χ1) is 9.84. The average Bonchev–Trinajstić information content (AvgIpc) is 2.52. The molecule has 5 nitrogen and oxygen atoms in total. The van der Waals surface area contributed by atoms with Gasteiger partial charge in [-0.05, 0) is 5.56 Å². The van der Waals surface area contributed by atoms with Crippen molar-refractivity contribution in [1.82, 2.24) is 15.5 Å². The maximum absolute atomic E-state index is 11.6. The Morgan fingerprint density at radius 3 is 2.75 bits per heavy atom. The van der Waals surface area contributed by atoms with Crippen molar-refractivity contribution in [3.63, 3.8) is 0 Å². The van der Waals surface area contributed by atoms with Crippen LogP contribution in [0.3, 0.4) is 0 Å². The molecule has 1 aromatic rings. The van der Waals surface area contributed by atoms with Crippen molar-refractivity contribution >= 4 is 5.91 Å². The number of rotatable bonds is 7. The van der Waals surface area contributed by atoms with Crippen molar-refractivity contribution < 1.29 is 9.53 Å². The van der Waals surface area contributed by atoms with E-state index in [9.17, 15) is 4.79 Å². The molecule has 0 radical (unpaired) electrons. The molecule has 2 N–H and O–H groups in total. The zero-order valence-electron chi connectivity index (χ0n) is 11.8. The van der Waals surface area contributed by atoms with Gasteiger partial charge in [0, 0.05) is 39.3 Å². The highest BCUT2D eigenvalue weighted by Crippen LogP contribution is 1.97. The minimum Gasteiger partial charge on any atom is -0.370 e. The van der Waals surface area contributed by atoms with Gasteiger partial charge >= 0.3 is 0 Å². The molecule has 1 heterocycles. The molecule has 0 unspecified atom stereocenters. The summed E-state index contributed by atoms with van der Waals surface area (Å²) < 4.78 is 5.41. The van der Waals surface area contributed by atoms with E-state index in [1.807, 2.05) is 30.3 Å². The molecule has 0 bridgehead atoms. The minimum absolute atomic E-state index is 0.0610. The standard InChI is InChI=1S/C15H23N3O2/c19-15(17-12-14-4-2-1-3-5-14)13-20-11-10-18-8-6-16-7-9-18/h1-5,16H,6-13H2,(H,17,19). The predicted molar refractivity (Wildman–Crippen MR) is 78.4 cm³/mol. The summed E-state index contributed by atoms with van der Waals surface area (Å²) in [4.78, 5) is 14.0. The Morgan fingerprint density at radius 1 is 1.25 bits per heavy atom. The summed E-state index contributed by atoms with van der Waals surface area (Å²) in [5.74, 6) is -0.0610. The Hall–Kier alpha value is -1.43. The molecule has 0 spiro atoms. The van der Waals surface area contributed by atoms with E-state index < -0.39 is 0 Å². The number of carbonyl (C=O) groups excluding carboxylic acids is 1. The van der Waals surface area contributed by atoms with Crippen LogP contribution in [0.1, 0.15) is 5.56 Å². The molecule has 1 saturated heterocycles. The zero-order valence-corrected chi connectivity index (χ0v) is 11.8.